The van der Waals surface area contributed by atoms with Gasteiger partial charge < -0.3 is 14.5 Å². The number of imidazole rings is 1. The zero-order chi connectivity index (χ0) is 19.8. The van der Waals surface area contributed by atoms with E-state index in [1.54, 1.807) is 26.1 Å². The topological polar surface area (TPSA) is 94.2 Å². The monoisotopic (exact) mass is 380 g/mol. The van der Waals surface area contributed by atoms with Crippen LogP contribution in [0.25, 0.3) is 16.9 Å². The van der Waals surface area contributed by atoms with Crippen molar-refractivity contribution < 1.29 is 9.18 Å². The second-order valence-corrected chi connectivity index (χ2v) is 6.57. The highest BCUT2D eigenvalue weighted by molar-refractivity contribution is 6.03. The van der Waals surface area contributed by atoms with Crippen molar-refractivity contribution in [3.63, 3.8) is 0 Å². The Balaban J connectivity index is 1.49. The molecule has 1 aliphatic rings. The third kappa shape index (κ3) is 3.22. The van der Waals surface area contributed by atoms with E-state index in [1.165, 1.54) is 27.9 Å². The van der Waals surface area contributed by atoms with E-state index < -0.39 is 0 Å². The number of nitrogens with zero attached hydrogens (tertiary/aromatic N) is 5. The number of fused-ring (bicyclic) bond motifs is 1. The largest absolute Gasteiger partial charge is 0.315 e. The van der Waals surface area contributed by atoms with Gasteiger partial charge in [0.15, 0.2) is 11.2 Å². The first kappa shape index (κ1) is 17.8. The normalized spacial score (nSPS) is 13.5. The molecule has 0 spiro atoms. The van der Waals surface area contributed by atoms with Gasteiger partial charge in [0.25, 0.3) is 5.56 Å². The Morgan fingerprint density at radius 3 is 2.86 bits per heavy atom. The van der Waals surface area contributed by atoms with E-state index in [2.05, 4.69) is 20.3 Å². The lowest BCUT2D eigenvalue weighted by atomic mass is 10.1. The molecule has 1 N–H and O–H groups in total. The summed E-state index contributed by atoms with van der Waals surface area (Å²) >= 11 is 0. The number of carbonyl (C=O) groups is 1. The van der Waals surface area contributed by atoms with Gasteiger partial charge in [0.2, 0.25) is 5.91 Å². The molecule has 3 aromatic rings. The van der Waals surface area contributed by atoms with Crippen LogP contribution >= 0.6 is 0 Å². The molecule has 1 amide bonds. The summed E-state index contributed by atoms with van der Waals surface area (Å²) in [7, 11) is 1.58. The number of halogens is 1. The molecule has 28 heavy (non-hydrogen) atoms. The molecule has 4 rings (SSSR count). The van der Waals surface area contributed by atoms with Crippen LogP contribution in [0.15, 0.2) is 46.7 Å². The lowest BCUT2D eigenvalue weighted by Gasteiger charge is -2.06. The number of hydrogen-bond donors (Lipinski definition) is 1. The van der Waals surface area contributed by atoms with Gasteiger partial charge in [0, 0.05) is 19.0 Å². The van der Waals surface area contributed by atoms with Gasteiger partial charge in [-0.15, -0.1) is 0 Å². The molecule has 0 unspecified atom stereocenters. The molecular weight excluding hydrogens is 363 g/mol. The number of rotatable bonds is 3. The smallest absolute Gasteiger partial charge is 0.279 e. The Morgan fingerprint density at radius 2 is 2.07 bits per heavy atom. The summed E-state index contributed by atoms with van der Waals surface area (Å²) in [6.45, 7) is 1.60. The first-order valence-corrected chi connectivity index (χ1v) is 8.63. The van der Waals surface area contributed by atoms with Gasteiger partial charge in [-0.25, -0.2) is 19.4 Å². The fourth-order valence-electron chi connectivity index (χ4n) is 2.96. The molecule has 1 aliphatic heterocycles. The van der Waals surface area contributed by atoms with Gasteiger partial charge >= 0.3 is 0 Å². The fourth-order valence-corrected chi connectivity index (χ4v) is 2.96. The highest BCUT2D eigenvalue weighted by Crippen LogP contribution is 2.23. The summed E-state index contributed by atoms with van der Waals surface area (Å²) in [6.07, 6.45) is 5.06. The minimum absolute atomic E-state index is 0.0923. The summed E-state index contributed by atoms with van der Waals surface area (Å²) in [6, 6.07) is 4.91. The molecule has 0 aliphatic carbocycles. The lowest BCUT2D eigenvalue weighted by molar-refractivity contribution is -0.120. The molecule has 9 heteroatoms. The molecule has 2 aromatic heterocycles. The zero-order valence-electron chi connectivity index (χ0n) is 15.3. The molecule has 142 valence electrons. The van der Waals surface area contributed by atoms with E-state index >= 15 is 0 Å². The minimum Gasteiger partial charge on any atom is -0.315 e. The zero-order valence-corrected chi connectivity index (χ0v) is 15.3. The minimum atomic E-state index is -0.339. The molecular formula is C19H17FN6O2. The Labute approximate surface area is 159 Å². The highest BCUT2D eigenvalue weighted by atomic mass is 19.1. The van der Waals surface area contributed by atoms with Crippen molar-refractivity contribution in [3.05, 3.63) is 64.2 Å². The van der Waals surface area contributed by atoms with Crippen LogP contribution in [0.4, 0.5) is 4.39 Å². The number of carbonyl (C=O) groups excluding carboxylic acids is 1. The molecule has 0 atom stereocenters. The van der Waals surface area contributed by atoms with Crippen molar-refractivity contribution in [2.24, 2.45) is 12.0 Å². The number of aliphatic imine (C=N–C) groups is 1. The Hall–Kier alpha value is -3.62. The van der Waals surface area contributed by atoms with Crippen LogP contribution in [0.5, 0.6) is 0 Å². The van der Waals surface area contributed by atoms with Crippen LogP contribution in [0.2, 0.25) is 0 Å². The number of amides is 1. The average molecular weight is 380 g/mol. The van der Waals surface area contributed by atoms with Crippen LogP contribution in [0.3, 0.4) is 0 Å². The predicted molar refractivity (Wildman–Crippen MR) is 102 cm³/mol. The summed E-state index contributed by atoms with van der Waals surface area (Å²) in [5.41, 5.74) is 2.11. The maximum atomic E-state index is 13.8. The number of nitrogens with one attached hydrogen (secondary N) is 1. The number of benzene rings is 1. The van der Waals surface area contributed by atoms with Gasteiger partial charge in [-0.05, 0) is 18.6 Å². The lowest BCUT2D eigenvalue weighted by Crippen LogP contribution is -2.33. The number of amidine groups is 1. The van der Waals surface area contributed by atoms with Gasteiger partial charge in [-0.3, -0.25) is 9.59 Å². The van der Waals surface area contributed by atoms with Crippen molar-refractivity contribution in [2.45, 2.75) is 19.9 Å². The number of aryl methyl sites for hydroxylation is 2. The first-order chi connectivity index (χ1) is 13.4. The van der Waals surface area contributed by atoms with Crippen molar-refractivity contribution in [2.75, 3.05) is 0 Å². The third-order valence-corrected chi connectivity index (χ3v) is 4.50. The second-order valence-electron chi connectivity index (χ2n) is 6.57. The van der Waals surface area contributed by atoms with Crippen molar-refractivity contribution in [1.29, 1.82) is 0 Å². The molecule has 0 fully saturated rings. The van der Waals surface area contributed by atoms with Gasteiger partial charge in [-0.2, -0.15) is 0 Å². The van der Waals surface area contributed by atoms with E-state index in [1.807, 2.05) is 6.08 Å². The van der Waals surface area contributed by atoms with Crippen LogP contribution in [0, 0.1) is 12.7 Å². The molecule has 3 heterocycles. The third-order valence-electron chi connectivity index (χ3n) is 4.50. The van der Waals surface area contributed by atoms with Crippen molar-refractivity contribution >= 4 is 28.6 Å². The van der Waals surface area contributed by atoms with E-state index in [0.29, 0.717) is 34.7 Å². The summed E-state index contributed by atoms with van der Waals surface area (Å²) in [5, 5.41) is 2.73. The molecule has 8 nitrogen and oxygen atoms in total. The van der Waals surface area contributed by atoms with Gasteiger partial charge in [0.05, 0.1) is 18.4 Å². The van der Waals surface area contributed by atoms with Crippen LogP contribution in [-0.2, 0) is 18.4 Å². The molecule has 0 saturated heterocycles. The van der Waals surface area contributed by atoms with E-state index in [9.17, 15) is 14.0 Å². The van der Waals surface area contributed by atoms with Crippen LogP contribution in [0.1, 0.15) is 17.5 Å². The average Bonchev–Trinajstić information content (AvgIpc) is 3.28. The predicted octanol–water partition coefficient (Wildman–Crippen LogP) is 1.54. The Bertz CT molecular complexity index is 1220. The quantitative estimate of drug-likeness (QED) is 0.746. The first-order valence-electron chi connectivity index (χ1n) is 8.63. The van der Waals surface area contributed by atoms with Crippen molar-refractivity contribution in [3.8, 4) is 0 Å². The summed E-state index contributed by atoms with van der Waals surface area (Å²) in [5.74, 6) is -0.168. The molecule has 1 aromatic carbocycles. The van der Waals surface area contributed by atoms with Crippen LogP contribution < -0.4 is 10.9 Å². The molecule has 0 saturated carbocycles. The Morgan fingerprint density at radius 1 is 1.29 bits per heavy atom. The van der Waals surface area contributed by atoms with E-state index in [0.717, 1.165) is 0 Å². The van der Waals surface area contributed by atoms with Gasteiger partial charge in [-0.1, -0.05) is 18.2 Å². The van der Waals surface area contributed by atoms with Crippen LogP contribution in [-0.4, -0.2) is 30.8 Å². The van der Waals surface area contributed by atoms with E-state index in [-0.39, 0.29) is 29.3 Å². The molecule has 0 radical (unpaired) electrons. The highest BCUT2D eigenvalue weighted by Gasteiger charge is 2.16. The standard InChI is InChI=1S/C19H17FN6O2/c1-11-3-4-12(7-13(11)20)14-5-6-15(23-14)24-16(27)8-26-10-22-18-17(26)19(28)25(2)9-21-18/h3-5,7,9-10H,6,8H2,1-2H3,(H,23,24,27). The van der Waals surface area contributed by atoms with Gasteiger partial charge in [0.1, 0.15) is 18.2 Å². The molecule has 0 bridgehead atoms. The Kier molecular flexibility index (Phi) is 4.34. The van der Waals surface area contributed by atoms with E-state index in [4.69, 9.17) is 0 Å². The second kappa shape index (κ2) is 6.84. The fraction of sp³-hybridized carbons (Fsp3) is 0.211. The van der Waals surface area contributed by atoms with Crippen molar-refractivity contribution in [1.82, 2.24) is 24.4 Å². The maximum Gasteiger partial charge on any atom is 0.279 e. The number of aromatic nitrogens is 4. The maximum absolute atomic E-state index is 13.8. The summed E-state index contributed by atoms with van der Waals surface area (Å²) < 4.78 is 16.5. The SMILES string of the molecule is Cc1ccc(C2=CCC(NC(=O)Cn3cnc4ncn(C)c(=O)c43)=N2)cc1F. The number of hydrogen-bond acceptors (Lipinski definition) is 5. The summed E-state index contributed by atoms with van der Waals surface area (Å²) in [4.78, 5) is 37.1.